The van der Waals surface area contributed by atoms with Crippen molar-refractivity contribution in [3.05, 3.63) is 0 Å². The SMILES string of the molecule is CNC(=O)N[C@H](C)C(=O)N1CCN(C)CC1. The van der Waals surface area contributed by atoms with Crippen LogP contribution in [-0.4, -0.2) is 68.1 Å². The van der Waals surface area contributed by atoms with Crippen LogP contribution in [0.1, 0.15) is 6.92 Å². The maximum absolute atomic E-state index is 11.9. The second-order valence-electron chi connectivity index (χ2n) is 4.07. The van der Waals surface area contributed by atoms with Crippen LogP contribution in [0.3, 0.4) is 0 Å². The number of rotatable bonds is 2. The van der Waals surface area contributed by atoms with Crippen LogP contribution >= 0.6 is 0 Å². The molecule has 1 rings (SSSR count). The summed E-state index contributed by atoms with van der Waals surface area (Å²) >= 11 is 0. The molecular formula is C10H20N4O2. The van der Waals surface area contributed by atoms with Crippen molar-refractivity contribution in [1.29, 1.82) is 0 Å². The summed E-state index contributed by atoms with van der Waals surface area (Å²) in [6, 6.07) is -0.793. The molecule has 1 aliphatic heterocycles. The highest BCUT2D eigenvalue weighted by molar-refractivity contribution is 5.86. The Labute approximate surface area is 96.0 Å². The summed E-state index contributed by atoms with van der Waals surface area (Å²) in [5, 5.41) is 5.01. The lowest BCUT2D eigenvalue weighted by molar-refractivity contribution is -0.134. The number of nitrogens with zero attached hydrogens (tertiary/aromatic N) is 2. The minimum absolute atomic E-state index is 0.0169. The van der Waals surface area contributed by atoms with E-state index in [1.165, 1.54) is 7.05 Å². The van der Waals surface area contributed by atoms with Gasteiger partial charge in [-0.25, -0.2) is 4.79 Å². The summed E-state index contributed by atoms with van der Waals surface area (Å²) in [6.07, 6.45) is 0. The number of piperazine rings is 1. The van der Waals surface area contributed by atoms with Gasteiger partial charge in [0, 0.05) is 33.2 Å². The summed E-state index contributed by atoms with van der Waals surface area (Å²) in [6.45, 7) is 4.94. The van der Waals surface area contributed by atoms with Crippen LogP contribution in [0.15, 0.2) is 0 Å². The third kappa shape index (κ3) is 3.37. The van der Waals surface area contributed by atoms with Crippen LogP contribution in [0, 0.1) is 0 Å². The van der Waals surface area contributed by atoms with Crippen molar-refractivity contribution in [1.82, 2.24) is 20.4 Å². The summed E-state index contributed by atoms with van der Waals surface area (Å²) in [7, 11) is 3.57. The molecule has 3 amide bonds. The van der Waals surface area contributed by atoms with Crippen molar-refractivity contribution in [3.8, 4) is 0 Å². The summed E-state index contributed by atoms with van der Waals surface area (Å²) in [4.78, 5) is 27.0. The van der Waals surface area contributed by atoms with Gasteiger partial charge in [-0.1, -0.05) is 0 Å². The Morgan fingerprint density at radius 2 is 1.75 bits per heavy atom. The molecule has 1 heterocycles. The van der Waals surface area contributed by atoms with Crippen LogP contribution in [-0.2, 0) is 4.79 Å². The molecule has 16 heavy (non-hydrogen) atoms. The zero-order valence-electron chi connectivity index (χ0n) is 10.1. The van der Waals surface area contributed by atoms with Gasteiger partial charge in [-0.3, -0.25) is 4.79 Å². The van der Waals surface area contributed by atoms with Gasteiger partial charge in [-0.05, 0) is 14.0 Å². The fraction of sp³-hybridized carbons (Fsp3) is 0.800. The molecule has 0 aromatic heterocycles. The number of urea groups is 1. The van der Waals surface area contributed by atoms with Gasteiger partial charge in [-0.15, -0.1) is 0 Å². The molecule has 1 saturated heterocycles. The van der Waals surface area contributed by atoms with Crippen LogP contribution in [0.25, 0.3) is 0 Å². The highest BCUT2D eigenvalue weighted by Crippen LogP contribution is 2.01. The van der Waals surface area contributed by atoms with Crippen LogP contribution in [0.2, 0.25) is 0 Å². The van der Waals surface area contributed by atoms with E-state index in [1.807, 2.05) is 7.05 Å². The van der Waals surface area contributed by atoms with E-state index in [0.29, 0.717) is 0 Å². The molecule has 0 aromatic carbocycles. The van der Waals surface area contributed by atoms with Crippen molar-refractivity contribution in [2.75, 3.05) is 40.3 Å². The molecule has 0 bridgehead atoms. The predicted octanol–water partition coefficient (Wildman–Crippen LogP) is -0.922. The Balaban J connectivity index is 2.41. The number of nitrogens with one attached hydrogen (secondary N) is 2. The molecule has 1 atom stereocenters. The Morgan fingerprint density at radius 3 is 2.25 bits per heavy atom. The summed E-state index contributed by atoms with van der Waals surface area (Å²) < 4.78 is 0. The predicted molar refractivity (Wildman–Crippen MR) is 61.1 cm³/mol. The lowest BCUT2D eigenvalue weighted by atomic mass is 10.2. The molecule has 0 spiro atoms. The lowest BCUT2D eigenvalue weighted by Crippen LogP contribution is -2.54. The molecule has 92 valence electrons. The molecule has 0 saturated carbocycles. The van der Waals surface area contributed by atoms with Gasteiger partial charge >= 0.3 is 6.03 Å². The first kappa shape index (κ1) is 12.8. The first-order valence-electron chi connectivity index (χ1n) is 5.50. The monoisotopic (exact) mass is 228 g/mol. The molecule has 0 unspecified atom stereocenters. The van der Waals surface area contributed by atoms with Crippen LogP contribution in [0.4, 0.5) is 4.79 Å². The number of hydrogen-bond acceptors (Lipinski definition) is 3. The van der Waals surface area contributed by atoms with Crippen molar-refractivity contribution in [2.24, 2.45) is 0 Å². The molecule has 2 N–H and O–H groups in total. The Morgan fingerprint density at radius 1 is 1.19 bits per heavy atom. The Kier molecular flexibility index (Phi) is 4.54. The third-order valence-corrected chi connectivity index (χ3v) is 2.76. The highest BCUT2D eigenvalue weighted by Gasteiger charge is 2.24. The molecule has 6 heteroatoms. The third-order valence-electron chi connectivity index (χ3n) is 2.76. The van der Waals surface area contributed by atoms with E-state index in [4.69, 9.17) is 0 Å². The second kappa shape index (κ2) is 5.69. The molecule has 0 aromatic rings. The minimum atomic E-state index is -0.469. The topological polar surface area (TPSA) is 64.7 Å². The quantitative estimate of drug-likeness (QED) is 0.642. The fourth-order valence-corrected chi connectivity index (χ4v) is 1.63. The van der Waals surface area contributed by atoms with Crippen molar-refractivity contribution < 1.29 is 9.59 Å². The van der Waals surface area contributed by atoms with Gasteiger partial charge < -0.3 is 20.4 Å². The number of likely N-dealkylation sites (N-methyl/N-ethyl adjacent to an activating group) is 1. The van der Waals surface area contributed by atoms with E-state index in [-0.39, 0.29) is 11.9 Å². The van der Waals surface area contributed by atoms with Crippen LogP contribution < -0.4 is 10.6 Å². The number of carbonyl (C=O) groups excluding carboxylic acids is 2. The molecule has 1 fully saturated rings. The zero-order valence-corrected chi connectivity index (χ0v) is 10.1. The standard InChI is InChI=1S/C10H20N4O2/c1-8(12-10(16)11-2)9(15)14-6-4-13(3)5-7-14/h8H,4-7H2,1-3H3,(H2,11,12,16)/t8-/m1/s1. The van der Waals surface area contributed by atoms with Gasteiger partial charge in [0.25, 0.3) is 0 Å². The first-order valence-corrected chi connectivity index (χ1v) is 5.50. The van der Waals surface area contributed by atoms with E-state index in [0.717, 1.165) is 26.2 Å². The molecular weight excluding hydrogens is 208 g/mol. The average Bonchev–Trinajstić information content (AvgIpc) is 2.28. The second-order valence-corrected chi connectivity index (χ2v) is 4.07. The summed E-state index contributed by atoms with van der Waals surface area (Å²) in [5.74, 6) is -0.0169. The lowest BCUT2D eigenvalue weighted by Gasteiger charge is -2.34. The van der Waals surface area contributed by atoms with Crippen molar-refractivity contribution in [2.45, 2.75) is 13.0 Å². The highest BCUT2D eigenvalue weighted by atomic mass is 16.2. The van der Waals surface area contributed by atoms with Gasteiger partial charge in [0.05, 0.1) is 0 Å². The van der Waals surface area contributed by atoms with Gasteiger partial charge in [0.2, 0.25) is 5.91 Å². The van der Waals surface area contributed by atoms with Crippen molar-refractivity contribution in [3.63, 3.8) is 0 Å². The number of hydrogen-bond donors (Lipinski definition) is 2. The summed E-state index contributed by atoms with van der Waals surface area (Å²) in [5.41, 5.74) is 0. The van der Waals surface area contributed by atoms with Gasteiger partial charge in [0.1, 0.15) is 6.04 Å². The molecule has 0 radical (unpaired) electrons. The normalized spacial score (nSPS) is 19.1. The molecule has 6 nitrogen and oxygen atoms in total. The average molecular weight is 228 g/mol. The van der Waals surface area contributed by atoms with E-state index in [9.17, 15) is 9.59 Å². The number of amides is 3. The fourth-order valence-electron chi connectivity index (χ4n) is 1.63. The number of carbonyl (C=O) groups is 2. The van der Waals surface area contributed by atoms with Crippen molar-refractivity contribution >= 4 is 11.9 Å². The molecule has 0 aliphatic carbocycles. The van der Waals surface area contributed by atoms with E-state index in [1.54, 1.807) is 11.8 Å². The van der Waals surface area contributed by atoms with E-state index in [2.05, 4.69) is 15.5 Å². The maximum atomic E-state index is 11.9. The van der Waals surface area contributed by atoms with E-state index < -0.39 is 6.04 Å². The Bertz CT molecular complexity index is 262. The Hall–Kier alpha value is -1.30. The molecule has 1 aliphatic rings. The zero-order chi connectivity index (χ0) is 12.1. The van der Waals surface area contributed by atoms with E-state index >= 15 is 0 Å². The minimum Gasteiger partial charge on any atom is -0.341 e. The maximum Gasteiger partial charge on any atom is 0.315 e. The van der Waals surface area contributed by atoms with Crippen LogP contribution in [0.5, 0.6) is 0 Å². The van der Waals surface area contributed by atoms with Gasteiger partial charge in [-0.2, -0.15) is 0 Å². The van der Waals surface area contributed by atoms with Gasteiger partial charge in [0.15, 0.2) is 0 Å². The first-order chi connectivity index (χ1) is 7.54. The smallest absolute Gasteiger partial charge is 0.315 e. The largest absolute Gasteiger partial charge is 0.341 e.